The number of carbonyl (C=O) groups excluding carboxylic acids is 1. The minimum absolute atomic E-state index is 0.232. The van der Waals surface area contributed by atoms with Gasteiger partial charge >= 0.3 is 0 Å². The first-order valence-corrected chi connectivity index (χ1v) is 9.59. The van der Waals surface area contributed by atoms with Crippen LogP contribution in [0.5, 0.6) is 5.88 Å². The fourth-order valence-corrected chi connectivity index (χ4v) is 4.06. The number of nitrogens with one attached hydrogen (secondary N) is 2. The normalized spacial score (nSPS) is 13.5. The predicted molar refractivity (Wildman–Crippen MR) is 106 cm³/mol. The van der Waals surface area contributed by atoms with E-state index in [1.54, 1.807) is 4.68 Å². The molecule has 0 aliphatic carbocycles. The summed E-state index contributed by atoms with van der Waals surface area (Å²) < 4.78 is 7.18. The summed E-state index contributed by atoms with van der Waals surface area (Å²) in [5.74, 6) is 0.224. The van der Waals surface area contributed by atoms with Gasteiger partial charge in [0.25, 0.3) is 5.91 Å². The number of hydrogen-bond acceptors (Lipinski definition) is 3. The molecule has 0 unspecified atom stereocenters. The summed E-state index contributed by atoms with van der Waals surface area (Å²) in [5, 5.41) is 8.76. The number of carbonyl (C=O) groups is 1. The lowest BCUT2D eigenvalue weighted by atomic mass is 10.0. The van der Waals surface area contributed by atoms with Gasteiger partial charge in [0.1, 0.15) is 5.02 Å². The van der Waals surface area contributed by atoms with Crippen molar-refractivity contribution in [1.29, 1.82) is 0 Å². The maximum atomic E-state index is 12.5. The fraction of sp³-hybridized carbons (Fsp3) is 0.400. The van der Waals surface area contributed by atoms with Gasteiger partial charge in [-0.2, -0.15) is 5.10 Å². The average molecular weight is 387 g/mol. The van der Waals surface area contributed by atoms with E-state index in [2.05, 4.69) is 48.3 Å². The van der Waals surface area contributed by atoms with Crippen LogP contribution in [0, 0.1) is 20.8 Å². The summed E-state index contributed by atoms with van der Waals surface area (Å²) in [6, 6.07) is 4.37. The molecule has 2 N–H and O–H groups in total. The maximum Gasteiger partial charge on any atom is 0.273 e. The Kier molecular flexibility index (Phi) is 4.60. The number of nitrogens with zero attached hydrogens (tertiary/aromatic N) is 2. The third-order valence-corrected chi connectivity index (χ3v) is 5.39. The highest BCUT2D eigenvalue weighted by atomic mass is 35.5. The van der Waals surface area contributed by atoms with Gasteiger partial charge in [0, 0.05) is 36.1 Å². The maximum absolute atomic E-state index is 12.5. The quantitative estimate of drug-likeness (QED) is 0.718. The molecule has 142 valence electrons. The van der Waals surface area contributed by atoms with Crippen molar-refractivity contribution in [1.82, 2.24) is 20.1 Å². The van der Waals surface area contributed by atoms with E-state index in [1.807, 2.05) is 0 Å². The molecule has 0 saturated heterocycles. The van der Waals surface area contributed by atoms with Crippen LogP contribution in [0.4, 0.5) is 0 Å². The molecule has 0 spiro atoms. The first kappa shape index (κ1) is 17.9. The molecule has 0 saturated carbocycles. The van der Waals surface area contributed by atoms with Crippen LogP contribution in [0.15, 0.2) is 12.1 Å². The van der Waals surface area contributed by atoms with E-state index in [0.29, 0.717) is 24.1 Å². The summed E-state index contributed by atoms with van der Waals surface area (Å²) in [6.07, 6.45) is 1.60. The number of rotatable bonds is 4. The molecule has 0 bridgehead atoms. The molecule has 1 aliphatic rings. The van der Waals surface area contributed by atoms with Gasteiger partial charge in [-0.1, -0.05) is 23.2 Å². The summed E-state index contributed by atoms with van der Waals surface area (Å²) in [4.78, 5) is 16.0. The summed E-state index contributed by atoms with van der Waals surface area (Å²) >= 11 is 6.28. The van der Waals surface area contributed by atoms with E-state index in [1.165, 1.54) is 27.6 Å². The van der Waals surface area contributed by atoms with Crippen LogP contribution in [0.2, 0.25) is 5.02 Å². The highest BCUT2D eigenvalue weighted by Crippen LogP contribution is 2.31. The molecule has 2 aromatic heterocycles. The Bertz CT molecular complexity index is 1030. The summed E-state index contributed by atoms with van der Waals surface area (Å²) in [7, 11) is 0. The van der Waals surface area contributed by atoms with Crippen molar-refractivity contribution >= 4 is 28.4 Å². The van der Waals surface area contributed by atoms with Gasteiger partial charge in [0.2, 0.25) is 5.88 Å². The zero-order chi connectivity index (χ0) is 19.1. The largest absolute Gasteiger partial charge is 0.477 e. The topological polar surface area (TPSA) is 71.9 Å². The van der Waals surface area contributed by atoms with E-state index < -0.39 is 0 Å². The van der Waals surface area contributed by atoms with Crippen molar-refractivity contribution in [3.8, 4) is 5.88 Å². The molecule has 4 rings (SSSR count). The van der Waals surface area contributed by atoms with Gasteiger partial charge in [-0.3, -0.25) is 4.79 Å². The smallest absolute Gasteiger partial charge is 0.273 e. The molecule has 1 aromatic carbocycles. The number of H-pyrrole nitrogens is 1. The number of fused-ring (bicyclic) bond motifs is 2. The number of aromatic nitrogens is 3. The second-order valence-corrected chi connectivity index (χ2v) is 7.51. The van der Waals surface area contributed by atoms with Gasteiger partial charge in [0.15, 0.2) is 5.69 Å². The van der Waals surface area contributed by atoms with Crippen molar-refractivity contribution in [2.24, 2.45) is 0 Å². The number of hydrogen-bond donors (Lipinski definition) is 2. The van der Waals surface area contributed by atoms with Crippen molar-refractivity contribution in [2.45, 2.75) is 40.2 Å². The number of aromatic amines is 1. The predicted octanol–water partition coefficient (Wildman–Crippen LogP) is 3.70. The van der Waals surface area contributed by atoms with Crippen molar-refractivity contribution in [3.05, 3.63) is 45.2 Å². The molecule has 0 fully saturated rings. The van der Waals surface area contributed by atoms with Crippen LogP contribution < -0.4 is 10.1 Å². The minimum Gasteiger partial charge on any atom is -0.477 e. The highest BCUT2D eigenvalue weighted by molar-refractivity contribution is 6.34. The van der Waals surface area contributed by atoms with Crippen molar-refractivity contribution < 1.29 is 9.53 Å². The number of amides is 1. The van der Waals surface area contributed by atoms with Crippen LogP contribution >= 0.6 is 11.6 Å². The average Bonchev–Trinajstić information content (AvgIpc) is 3.13. The Morgan fingerprint density at radius 1 is 1.37 bits per heavy atom. The lowest BCUT2D eigenvalue weighted by molar-refractivity contribution is 0.0948. The molecule has 1 amide bonds. The Labute approximate surface area is 162 Å². The number of ether oxygens (including phenoxy) is 1. The van der Waals surface area contributed by atoms with E-state index in [0.717, 1.165) is 25.1 Å². The zero-order valence-corrected chi connectivity index (χ0v) is 16.5. The molecule has 6 nitrogen and oxygen atoms in total. The van der Waals surface area contributed by atoms with Crippen LogP contribution in [0.3, 0.4) is 0 Å². The Balaban J connectivity index is 1.49. The number of aryl methyl sites for hydroxylation is 4. The standard InChI is InChI=1S/C20H23ClN4O2/c1-11-9-12(2)17-15(10-11)14(13(3)23-17)5-6-22-19(26)18-16(21)20-25(24-18)7-4-8-27-20/h9-10,23H,4-8H2,1-3H3,(H,22,26). The zero-order valence-electron chi connectivity index (χ0n) is 15.8. The van der Waals surface area contributed by atoms with Gasteiger partial charge in [-0.15, -0.1) is 0 Å². The lowest BCUT2D eigenvalue weighted by Gasteiger charge is -2.14. The molecule has 0 atom stereocenters. The summed E-state index contributed by atoms with van der Waals surface area (Å²) in [5.41, 5.74) is 6.24. The molecule has 3 aromatic rings. The first-order chi connectivity index (χ1) is 13.0. The molecule has 27 heavy (non-hydrogen) atoms. The number of halogens is 1. The van der Waals surface area contributed by atoms with Gasteiger partial charge < -0.3 is 15.0 Å². The molecule has 7 heteroatoms. The molecule has 0 radical (unpaired) electrons. The van der Waals surface area contributed by atoms with E-state index in [9.17, 15) is 4.79 Å². The van der Waals surface area contributed by atoms with Crippen LogP contribution in [0.25, 0.3) is 10.9 Å². The van der Waals surface area contributed by atoms with Gasteiger partial charge in [0.05, 0.1) is 6.61 Å². The minimum atomic E-state index is -0.268. The Morgan fingerprint density at radius 3 is 2.96 bits per heavy atom. The van der Waals surface area contributed by atoms with Gasteiger partial charge in [-0.05, 0) is 44.4 Å². The van der Waals surface area contributed by atoms with E-state index in [4.69, 9.17) is 16.3 Å². The number of benzene rings is 1. The van der Waals surface area contributed by atoms with Gasteiger partial charge in [-0.25, -0.2) is 4.68 Å². The third kappa shape index (κ3) is 3.18. The Morgan fingerprint density at radius 2 is 2.19 bits per heavy atom. The fourth-order valence-electron chi connectivity index (χ4n) is 3.79. The van der Waals surface area contributed by atoms with Crippen molar-refractivity contribution in [2.75, 3.05) is 13.2 Å². The molecule has 1 aliphatic heterocycles. The SMILES string of the molecule is Cc1cc(C)c2[nH]c(C)c(CCNC(=O)c3nn4c(c3Cl)OCCC4)c2c1. The second-order valence-electron chi connectivity index (χ2n) is 7.13. The van der Waals surface area contributed by atoms with E-state index >= 15 is 0 Å². The van der Waals surface area contributed by atoms with Crippen LogP contribution in [-0.2, 0) is 13.0 Å². The summed E-state index contributed by atoms with van der Waals surface area (Å²) in [6.45, 7) is 8.12. The van der Waals surface area contributed by atoms with Crippen LogP contribution in [0.1, 0.15) is 39.3 Å². The molecule has 3 heterocycles. The monoisotopic (exact) mass is 386 g/mol. The van der Waals surface area contributed by atoms with Crippen LogP contribution in [-0.4, -0.2) is 33.8 Å². The Hall–Kier alpha value is -2.47. The second kappa shape index (κ2) is 6.93. The van der Waals surface area contributed by atoms with E-state index in [-0.39, 0.29) is 11.6 Å². The third-order valence-electron chi connectivity index (χ3n) is 5.05. The molecular weight excluding hydrogens is 364 g/mol. The molecular formula is C20H23ClN4O2. The van der Waals surface area contributed by atoms with Crippen molar-refractivity contribution in [3.63, 3.8) is 0 Å². The lowest BCUT2D eigenvalue weighted by Crippen LogP contribution is -2.26. The highest BCUT2D eigenvalue weighted by Gasteiger charge is 2.24. The first-order valence-electron chi connectivity index (χ1n) is 9.21.